The third kappa shape index (κ3) is 9.33. The van der Waals surface area contributed by atoms with E-state index in [1.54, 1.807) is 12.1 Å². The average molecular weight is 394 g/mol. The van der Waals surface area contributed by atoms with E-state index < -0.39 is 16.2 Å². The van der Waals surface area contributed by atoms with Gasteiger partial charge in [-0.15, -0.1) is 0 Å². The molecule has 0 bridgehead atoms. The van der Waals surface area contributed by atoms with E-state index in [0.29, 0.717) is 13.0 Å². The van der Waals surface area contributed by atoms with Crippen molar-refractivity contribution in [1.82, 2.24) is 0 Å². The molecule has 0 saturated heterocycles. The molecule has 0 aromatic heterocycles. The van der Waals surface area contributed by atoms with Crippen LogP contribution in [0.25, 0.3) is 0 Å². The van der Waals surface area contributed by atoms with Crippen LogP contribution < -0.4 is 5.73 Å². The first-order valence-electron chi connectivity index (χ1n) is 8.74. The van der Waals surface area contributed by atoms with Crippen molar-refractivity contribution in [1.29, 1.82) is 0 Å². The smallest absolute Gasteiger partial charge is 0.323 e. The zero-order chi connectivity index (χ0) is 20.3. The number of aryl methyl sites for hydroxylation is 1. The number of carbonyl (C=O) groups excluding carboxylic acids is 1. The molecule has 0 heterocycles. The minimum absolute atomic E-state index is 0.0666. The van der Waals surface area contributed by atoms with E-state index in [2.05, 4.69) is 6.92 Å². The Labute approximate surface area is 161 Å². The van der Waals surface area contributed by atoms with Crippen molar-refractivity contribution < 1.29 is 22.5 Å². The molecule has 1 unspecified atom stereocenters. The molecule has 7 heteroatoms. The molecule has 0 spiro atoms. The van der Waals surface area contributed by atoms with Crippen LogP contribution in [0.1, 0.15) is 37.3 Å². The molecule has 0 aliphatic rings. The van der Waals surface area contributed by atoms with E-state index in [1.165, 1.54) is 12.1 Å². The van der Waals surface area contributed by atoms with Crippen LogP contribution >= 0.6 is 0 Å². The Morgan fingerprint density at radius 2 is 1.70 bits per heavy atom. The highest BCUT2D eigenvalue weighted by Gasteiger charge is 2.13. The van der Waals surface area contributed by atoms with Crippen LogP contribution in [0, 0.1) is 6.92 Å². The van der Waals surface area contributed by atoms with E-state index >= 15 is 0 Å². The zero-order valence-electron chi connectivity index (χ0n) is 15.7. The monoisotopic (exact) mass is 393 g/mol. The molecule has 6 nitrogen and oxygen atoms in total. The highest BCUT2D eigenvalue weighted by Crippen LogP contribution is 2.08. The maximum absolute atomic E-state index is 11.5. The predicted molar refractivity (Wildman–Crippen MR) is 105 cm³/mol. The van der Waals surface area contributed by atoms with Crippen LogP contribution in [0.4, 0.5) is 0 Å². The van der Waals surface area contributed by atoms with Crippen LogP contribution in [0.5, 0.6) is 0 Å². The van der Waals surface area contributed by atoms with Gasteiger partial charge >= 0.3 is 5.97 Å². The van der Waals surface area contributed by atoms with Gasteiger partial charge < -0.3 is 10.5 Å². The van der Waals surface area contributed by atoms with Crippen molar-refractivity contribution in [3.63, 3.8) is 0 Å². The number of hydrogen-bond acceptors (Lipinski definition) is 5. The van der Waals surface area contributed by atoms with Crippen molar-refractivity contribution in [2.45, 2.75) is 50.7 Å². The predicted octanol–water partition coefficient (Wildman–Crippen LogP) is 3.49. The molecule has 0 amide bonds. The van der Waals surface area contributed by atoms with Crippen molar-refractivity contribution in [2.24, 2.45) is 5.73 Å². The third-order valence-electron chi connectivity index (χ3n) is 3.71. The van der Waals surface area contributed by atoms with Crippen molar-refractivity contribution in [3.8, 4) is 0 Å². The second kappa shape index (κ2) is 11.5. The Morgan fingerprint density at radius 3 is 2.22 bits per heavy atom. The minimum Gasteiger partial charge on any atom is -0.460 e. The topological polar surface area (TPSA) is 107 Å². The molecule has 0 aliphatic heterocycles. The van der Waals surface area contributed by atoms with Crippen LogP contribution in [0.2, 0.25) is 0 Å². The molecule has 1 atom stereocenters. The summed E-state index contributed by atoms with van der Waals surface area (Å²) in [4.78, 5) is 11.4. The summed E-state index contributed by atoms with van der Waals surface area (Å²) >= 11 is 0. The van der Waals surface area contributed by atoms with Gasteiger partial charge in [0.1, 0.15) is 12.6 Å². The minimum atomic E-state index is -4.02. The lowest BCUT2D eigenvalue weighted by molar-refractivity contribution is -0.146. The van der Waals surface area contributed by atoms with Gasteiger partial charge in [0.2, 0.25) is 0 Å². The Hall–Kier alpha value is -2.22. The summed E-state index contributed by atoms with van der Waals surface area (Å²) in [7, 11) is -4.02. The van der Waals surface area contributed by atoms with Crippen LogP contribution in [-0.4, -0.2) is 25.0 Å². The number of rotatable bonds is 7. The quantitative estimate of drug-likeness (QED) is 0.551. The molecule has 2 rings (SSSR count). The van der Waals surface area contributed by atoms with Gasteiger partial charge in [-0.3, -0.25) is 9.35 Å². The Morgan fingerprint density at radius 1 is 1.11 bits per heavy atom. The summed E-state index contributed by atoms with van der Waals surface area (Å²) in [6.45, 7) is 4.22. The molecule has 0 fully saturated rings. The van der Waals surface area contributed by atoms with Gasteiger partial charge in [-0.1, -0.05) is 67.8 Å². The Kier molecular flexibility index (Phi) is 9.71. The molecule has 148 valence electrons. The van der Waals surface area contributed by atoms with Crippen molar-refractivity contribution in [2.75, 3.05) is 0 Å². The second-order valence-electron chi connectivity index (χ2n) is 6.13. The number of nitrogens with two attached hydrogens (primary N) is 1. The van der Waals surface area contributed by atoms with E-state index in [1.807, 2.05) is 37.3 Å². The van der Waals surface area contributed by atoms with E-state index in [0.717, 1.165) is 24.0 Å². The summed E-state index contributed by atoms with van der Waals surface area (Å²) in [6, 6.07) is 15.1. The molecule has 3 N–H and O–H groups in total. The summed E-state index contributed by atoms with van der Waals surface area (Å²) < 4.78 is 34.7. The first-order valence-corrected chi connectivity index (χ1v) is 10.2. The molecular formula is C20H27NO5S. The average Bonchev–Trinajstić information content (AvgIpc) is 2.65. The van der Waals surface area contributed by atoms with Gasteiger partial charge in [0.25, 0.3) is 10.1 Å². The lowest BCUT2D eigenvalue weighted by atomic mass is 10.1. The molecule has 0 radical (unpaired) electrons. The van der Waals surface area contributed by atoms with E-state index in [4.69, 9.17) is 15.0 Å². The molecule has 0 aliphatic carbocycles. The summed E-state index contributed by atoms with van der Waals surface area (Å²) in [6.07, 6.45) is 2.70. The summed E-state index contributed by atoms with van der Waals surface area (Å²) in [5.74, 6) is -0.308. The molecule has 2 aromatic rings. The highest BCUT2D eigenvalue weighted by molar-refractivity contribution is 7.85. The highest BCUT2D eigenvalue weighted by atomic mass is 32.2. The number of ether oxygens (including phenoxy) is 1. The first kappa shape index (κ1) is 22.8. The Balaban J connectivity index is 0.000000289. The van der Waals surface area contributed by atoms with E-state index in [-0.39, 0.29) is 10.9 Å². The number of carbonyl (C=O) groups is 1. The maximum Gasteiger partial charge on any atom is 0.323 e. The fourth-order valence-electron chi connectivity index (χ4n) is 2.09. The van der Waals surface area contributed by atoms with Crippen LogP contribution in [0.15, 0.2) is 59.5 Å². The van der Waals surface area contributed by atoms with Crippen LogP contribution in [-0.2, 0) is 26.3 Å². The van der Waals surface area contributed by atoms with Gasteiger partial charge in [-0.2, -0.15) is 8.42 Å². The lowest BCUT2D eigenvalue weighted by Crippen LogP contribution is -2.32. The summed E-state index contributed by atoms with van der Waals surface area (Å²) in [5.41, 5.74) is 7.63. The van der Waals surface area contributed by atoms with Gasteiger partial charge in [-0.25, -0.2) is 0 Å². The van der Waals surface area contributed by atoms with Gasteiger partial charge in [0, 0.05) is 0 Å². The fraction of sp³-hybridized carbons (Fsp3) is 0.350. The van der Waals surface area contributed by atoms with Gasteiger partial charge in [-0.05, 0) is 31.0 Å². The van der Waals surface area contributed by atoms with Crippen molar-refractivity contribution in [3.05, 3.63) is 65.7 Å². The number of hydrogen-bond donors (Lipinski definition) is 2. The second-order valence-corrected chi connectivity index (χ2v) is 7.55. The maximum atomic E-state index is 11.5. The number of unbranched alkanes of at least 4 members (excludes halogenated alkanes) is 1. The lowest BCUT2D eigenvalue weighted by Gasteiger charge is -2.10. The first-order chi connectivity index (χ1) is 12.7. The Bertz CT molecular complexity index is 789. The molecule has 27 heavy (non-hydrogen) atoms. The largest absolute Gasteiger partial charge is 0.460 e. The summed E-state index contributed by atoms with van der Waals surface area (Å²) in [5, 5.41) is 0. The fourth-order valence-corrected chi connectivity index (χ4v) is 2.57. The number of esters is 1. The van der Waals surface area contributed by atoms with E-state index in [9.17, 15) is 13.2 Å². The molecule has 0 saturated carbocycles. The number of benzene rings is 2. The molecule has 2 aromatic carbocycles. The standard InChI is InChI=1S/C13H19NO2.C7H8O3S/c1-2-3-9-12(14)13(15)16-10-11-7-5-4-6-8-11;1-6-2-4-7(5-3-6)11(8,9)10/h4-8,12H,2-3,9-10,14H2,1H3;2-5H,1H3,(H,8,9,10). The van der Waals surface area contributed by atoms with Gasteiger partial charge in [0.05, 0.1) is 4.90 Å². The normalized spacial score (nSPS) is 11.9. The van der Waals surface area contributed by atoms with Gasteiger partial charge in [0.15, 0.2) is 0 Å². The molecular weight excluding hydrogens is 366 g/mol. The zero-order valence-corrected chi connectivity index (χ0v) is 16.5. The van der Waals surface area contributed by atoms with Crippen molar-refractivity contribution >= 4 is 16.1 Å². The van der Waals surface area contributed by atoms with Crippen LogP contribution in [0.3, 0.4) is 0 Å². The third-order valence-corrected chi connectivity index (χ3v) is 4.58. The SMILES string of the molecule is CCCCC(N)C(=O)OCc1ccccc1.Cc1ccc(S(=O)(=O)O)cc1.